The normalized spacial score (nSPS) is 11.3. The topological polar surface area (TPSA) is 66.5 Å². The van der Waals surface area contributed by atoms with E-state index in [1.807, 2.05) is 38.1 Å². The second-order valence-corrected chi connectivity index (χ2v) is 7.73. The fourth-order valence-electron chi connectivity index (χ4n) is 2.47. The summed E-state index contributed by atoms with van der Waals surface area (Å²) in [6.07, 6.45) is 0.0784. The first-order valence-corrected chi connectivity index (χ1v) is 9.82. The molecule has 0 heterocycles. The van der Waals surface area contributed by atoms with Gasteiger partial charge in [0.05, 0.1) is 4.90 Å². The van der Waals surface area contributed by atoms with Crippen LogP contribution in [0.5, 0.6) is 0 Å². The van der Waals surface area contributed by atoms with E-state index in [4.69, 9.17) is 11.6 Å². The van der Waals surface area contributed by atoms with Gasteiger partial charge in [0, 0.05) is 30.2 Å². The van der Waals surface area contributed by atoms with Gasteiger partial charge in [0.2, 0.25) is 15.9 Å². The van der Waals surface area contributed by atoms with Gasteiger partial charge in [-0.25, -0.2) is 13.1 Å². The lowest BCUT2D eigenvalue weighted by molar-refractivity contribution is -0.118. The lowest BCUT2D eigenvalue weighted by atomic mass is 10.1. The van der Waals surface area contributed by atoms with E-state index < -0.39 is 10.0 Å². The summed E-state index contributed by atoms with van der Waals surface area (Å²) >= 11 is 5.76. The number of amides is 1. The van der Waals surface area contributed by atoms with Gasteiger partial charge < -0.3 is 4.90 Å². The van der Waals surface area contributed by atoms with Crippen molar-refractivity contribution in [2.75, 3.05) is 18.0 Å². The number of carbonyl (C=O) groups excluding carboxylic acids is 1. The van der Waals surface area contributed by atoms with Crippen LogP contribution in [-0.4, -0.2) is 27.4 Å². The first-order chi connectivity index (χ1) is 11.8. The van der Waals surface area contributed by atoms with Gasteiger partial charge in [0.15, 0.2) is 0 Å². The number of benzene rings is 2. The van der Waals surface area contributed by atoms with Crippen molar-refractivity contribution in [3.05, 3.63) is 59.1 Å². The van der Waals surface area contributed by atoms with Crippen LogP contribution < -0.4 is 9.62 Å². The second-order valence-electron chi connectivity index (χ2n) is 5.53. The van der Waals surface area contributed by atoms with Gasteiger partial charge in [-0.3, -0.25) is 4.79 Å². The summed E-state index contributed by atoms with van der Waals surface area (Å²) in [7, 11) is -3.66. The number of carbonyl (C=O) groups is 1. The van der Waals surface area contributed by atoms with Crippen LogP contribution in [0.1, 0.15) is 18.9 Å². The molecule has 1 amide bonds. The molecular weight excluding hydrogens is 360 g/mol. The van der Waals surface area contributed by atoms with Gasteiger partial charge in [0.1, 0.15) is 0 Å². The molecular formula is C18H21ClN2O3S. The molecule has 7 heteroatoms. The Bertz CT molecular complexity index is 836. The number of sulfonamides is 1. The molecule has 0 saturated heterocycles. The third kappa shape index (κ3) is 5.04. The van der Waals surface area contributed by atoms with E-state index in [0.717, 1.165) is 11.3 Å². The molecule has 0 aliphatic rings. The summed E-state index contributed by atoms with van der Waals surface area (Å²) in [6.45, 7) is 4.39. The number of anilines is 1. The SMILES string of the molecule is CCN(C(=O)CCNS(=O)(=O)c1ccc(Cl)cc1)c1ccccc1C. The summed E-state index contributed by atoms with van der Waals surface area (Å²) < 4.78 is 26.9. The highest BCUT2D eigenvalue weighted by Gasteiger charge is 2.18. The molecule has 2 rings (SSSR count). The third-order valence-electron chi connectivity index (χ3n) is 3.78. The number of hydrogen-bond acceptors (Lipinski definition) is 3. The van der Waals surface area contributed by atoms with E-state index in [1.165, 1.54) is 24.3 Å². The minimum absolute atomic E-state index is 0.0339. The van der Waals surface area contributed by atoms with E-state index in [0.29, 0.717) is 11.6 Å². The highest BCUT2D eigenvalue weighted by atomic mass is 35.5. The van der Waals surface area contributed by atoms with Crippen LogP contribution in [0.4, 0.5) is 5.69 Å². The van der Waals surface area contributed by atoms with E-state index in [-0.39, 0.29) is 23.8 Å². The maximum absolute atomic E-state index is 12.5. The van der Waals surface area contributed by atoms with Crippen LogP contribution in [0.3, 0.4) is 0 Å². The number of halogens is 1. The van der Waals surface area contributed by atoms with Crippen molar-refractivity contribution in [2.45, 2.75) is 25.2 Å². The zero-order valence-electron chi connectivity index (χ0n) is 14.2. The van der Waals surface area contributed by atoms with Gasteiger partial charge in [-0.15, -0.1) is 0 Å². The fourth-order valence-corrected chi connectivity index (χ4v) is 3.63. The van der Waals surface area contributed by atoms with E-state index in [1.54, 1.807) is 4.90 Å². The Kier molecular flexibility index (Phi) is 6.58. The first kappa shape index (κ1) is 19.4. The molecule has 0 unspecified atom stereocenters. The summed E-state index contributed by atoms with van der Waals surface area (Å²) in [5, 5.41) is 0.464. The van der Waals surface area contributed by atoms with Crippen LogP contribution in [0.2, 0.25) is 5.02 Å². The smallest absolute Gasteiger partial charge is 0.240 e. The van der Waals surface area contributed by atoms with Crippen molar-refractivity contribution in [3.8, 4) is 0 Å². The lowest BCUT2D eigenvalue weighted by Gasteiger charge is -2.23. The Balaban J connectivity index is 1.99. The maximum atomic E-state index is 12.5. The van der Waals surface area contributed by atoms with Crippen LogP contribution in [0.25, 0.3) is 0 Å². The molecule has 0 bridgehead atoms. The molecule has 0 aliphatic heterocycles. The van der Waals surface area contributed by atoms with Crippen molar-refractivity contribution in [2.24, 2.45) is 0 Å². The maximum Gasteiger partial charge on any atom is 0.240 e. The largest absolute Gasteiger partial charge is 0.312 e. The minimum atomic E-state index is -3.66. The van der Waals surface area contributed by atoms with Crippen molar-refractivity contribution < 1.29 is 13.2 Å². The summed E-state index contributed by atoms with van der Waals surface area (Å²) in [5.41, 5.74) is 1.84. The summed E-state index contributed by atoms with van der Waals surface area (Å²) in [6, 6.07) is 13.5. The van der Waals surface area contributed by atoms with Gasteiger partial charge in [-0.05, 0) is 49.7 Å². The Morgan fingerprint density at radius 2 is 1.76 bits per heavy atom. The highest BCUT2D eigenvalue weighted by molar-refractivity contribution is 7.89. The predicted octanol–water partition coefficient (Wildman–Crippen LogP) is 3.37. The standard InChI is InChI=1S/C18H21ClN2O3S/c1-3-21(17-7-5-4-6-14(17)2)18(22)12-13-20-25(23,24)16-10-8-15(19)9-11-16/h4-11,20H,3,12-13H2,1-2H3. The molecule has 0 atom stereocenters. The predicted molar refractivity (Wildman–Crippen MR) is 100 cm³/mol. The van der Waals surface area contributed by atoms with Gasteiger partial charge in [-0.2, -0.15) is 0 Å². The quantitative estimate of drug-likeness (QED) is 0.800. The number of hydrogen-bond donors (Lipinski definition) is 1. The minimum Gasteiger partial charge on any atom is -0.312 e. The average molecular weight is 381 g/mol. The van der Waals surface area contributed by atoms with Crippen LogP contribution >= 0.6 is 11.6 Å². The van der Waals surface area contributed by atoms with E-state index in [9.17, 15) is 13.2 Å². The van der Waals surface area contributed by atoms with Gasteiger partial charge in [-0.1, -0.05) is 29.8 Å². The lowest BCUT2D eigenvalue weighted by Crippen LogP contribution is -2.34. The van der Waals surface area contributed by atoms with E-state index >= 15 is 0 Å². The van der Waals surface area contributed by atoms with Crippen LogP contribution in [0.15, 0.2) is 53.4 Å². The second kappa shape index (κ2) is 8.47. The number of nitrogens with one attached hydrogen (secondary N) is 1. The summed E-state index contributed by atoms with van der Waals surface area (Å²) in [5.74, 6) is -0.129. The van der Waals surface area contributed by atoms with Crippen molar-refractivity contribution in [1.29, 1.82) is 0 Å². The van der Waals surface area contributed by atoms with Crippen LogP contribution in [-0.2, 0) is 14.8 Å². The molecule has 0 fully saturated rings. The highest BCUT2D eigenvalue weighted by Crippen LogP contribution is 2.20. The molecule has 0 aromatic heterocycles. The Morgan fingerprint density at radius 1 is 1.12 bits per heavy atom. The number of aryl methyl sites for hydroxylation is 1. The molecule has 25 heavy (non-hydrogen) atoms. The summed E-state index contributed by atoms with van der Waals surface area (Å²) in [4.78, 5) is 14.2. The van der Waals surface area contributed by atoms with Crippen LogP contribution in [0, 0.1) is 6.92 Å². The molecule has 0 radical (unpaired) electrons. The van der Waals surface area contributed by atoms with Crippen molar-refractivity contribution in [3.63, 3.8) is 0 Å². The van der Waals surface area contributed by atoms with Gasteiger partial charge in [0.25, 0.3) is 0 Å². The molecule has 134 valence electrons. The molecule has 0 aliphatic carbocycles. The Hall–Kier alpha value is -1.89. The molecule has 0 spiro atoms. The fraction of sp³-hybridized carbons (Fsp3) is 0.278. The van der Waals surface area contributed by atoms with Crippen molar-refractivity contribution in [1.82, 2.24) is 4.72 Å². The van der Waals surface area contributed by atoms with Gasteiger partial charge >= 0.3 is 0 Å². The Labute approximate surface area is 153 Å². The number of rotatable bonds is 7. The Morgan fingerprint density at radius 3 is 2.36 bits per heavy atom. The molecule has 0 saturated carbocycles. The zero-order chi connectivity index (χ0) is 18.4. The first-order valence-electron chi connectivity index (χ1n) is 7.96. The molecule has 5 nitrogen and oxygen atoms in total. The van der Waals surface area contributed by atoms with E-state index in [2.05, 4.69) is 4.72 Å². The molecule has 2 aromatic rings. The number of nitrogens with zero attached hydrogens (tertiary/aromatic N) is 1. The zero-order valence-corrected chi connectivity index (χ0v) is 15.8. The molecule has 1 N–H and O–H groups in total. The monoisotopic (exact) mass is 380 g/mol. The average Bonchev–Trinajstić information content (AvgIpc) is 2.57. The van der Waals surface area contributed by atoms with Crippen molar-refractivity contribution >= 4 is 33.2 Å². The molecule has 2 aromatic carbocycles. The number of para-hydroxylation sites is 1. The third-order valence-corrected chi connectivity index (χ3v) is 5.51.